The van der Waals surface area contributed by atoms with Crippen LogP contribution in [-0.2, 0) is 0 Å². The Hall–Kier alpha value is -2.04. The molecule has 0 aliphatic carbocycles. The molecule has 95 valence electrons. The van der Waals surface area contributed by atoms with Crippen LogP contribution in [0.3, 0.4) is 0 Å². The van der Waals surface area contributed by atoms with Crippen molar-refractivity contribution < 1.29 is 9.68 Å². The predicted octanol–water partition coefficient (Wildman–Crippen LogP) is 4.11. The average Bonchev–Trinajstić information content (AvgIpc) is 2.87. The minimum atomic E-state index is 0.688. The van der Waals surface area contributed by atoms with Crippen molar-refractivity contribution in [3.8, 4) is 5.75 Å². The molecule has 1 N–H and O–H groups in total. The summed E-state index contributed by atoms with van der Waals surface area (Å²) in [6, 6.07) is 18.5. The molecule has 3 aromatic carbocycles. The SMILES string of the molecule is O[B]Oc1cccc2sc3ccc4ccccc4c3c12. The Balaban J connectivity index is 2.25. The Kier molecular flexibility index (Phi) is 2.65. The number of rotatable bonds is 2. The second kappa shape index (κ2) is 4.51. The molecular weight excluding hydrogens is 267 g/mol. The number of hydrogen-bond acceptors (Lipinski definition) is 3. The molecule has 20 heavy (non-hydrogen) atoms. The van der Waals surface area contributed by atoms with Crippen molar-refractivity contribution in [1.29, 1.82) is 0 Å². The monoisotopic (exact) mass is 277 g/mol. The first-order chi connectivity index (χ1) is 9.88. The van der Waals surface area contributed by atoms with Gasteiger partial charge >= 0.3 is 7.69 Å². The molecule has 4 aromatic rings. The maximum atomic E-state index is 8.96. The van der Waals surface area contributed by atoms with E-state index in [2.05, 4.69) is 30.3 Å². The molecule has 1 aromatic heterocycles. The number of hydrogen-bond donors (Lipinski definition) is 1. The second-order valence-corrected chi connectivity index (χ2v) is 5.70. The summed E-state index contributed by atoms with van der Waals surface area (Å²) in [5.41, 5.74) is 0. The van der Waals surface area contributed by atoms with Gasteiger partial charge in [-0.25, -0.2) is 0 Å². The molecule has 0 fully saturated rings. The number of thiophene rings is 1. The zero-order valence-electron chi connectivity index (χ0n) is 10.5. The van der Waals surface area contributed by atoms with Gasteiger partial charge in [0.15, 0.2) is 0 Å². The Morgan fingerprint density at radius 1 is 0.850 bits per heavy atom. The van der Waals surface area contributed by atoms with Gasteiger partial charge in [0.1, 0.15) is 5.75 Å². The van der Waals surface area contributed by atoms with Gasteiger partial charge in [-0.2, -0.15) is 0 Å². The van der Waals surface area contributed by atoms with E-state index in [0.717, 1.165) is 17.8 Å². The van der Waals surface area contributed by atoms with Crippen LogP contribution in [0, 0.1) is 0 Å². The Morgan fingerprint density at radius 3 is 2.60 bits per heavy atom. The Bertz CT molecular complexity index is 930. The maximum Gasteiger partial charge on any atom is 0.569 e. The van der Waals surface area contributed by atoms with Crippen LogP contribution in [0.5, 0.6) is 5.75 Å². The van der Waals surface area contributed by atoms with Crippen molar-refractivity contribution in [2.75, 3.05) is 0 Å². The summed E-state index contributed by atoms with van der Waals surface area (Å²) in [7, 11) is 0.739. The summed E-state index contributed by atoms with van der Waals surface area (Å²) in [5.74, 6) is 0.688. The van der Waals surface area contributed by atoms with Gasteiger partial charge in [0.2, 0.25) is 0 Å². The largest absolute Gasteiger partial charge is 0.569 e. The van der Waals surface area contributed by atoms with Gasteiger partial charge in [0.25, 0.3) is 0 Å². The van der Waals surface area contributed by atoms with Crippen molar-refractivity contribution >= 4 is 50.0 Å². The highest BCUT2D eigenvalue weighted by molar-refractivity contribution is 7.26. The fraction of sp³-hybridized carbons (Fsp3) is 0. The quantitative estimate of drug-likeness (QED) is 0.559. The van der Waals surface area contributed by atoms with Crippen LogP contribution >= 0.6 is 11.3 Å². The summed E-state index contributed by atoms with van der Waals surface area (Å²) in [6.07, 6.45) is 0. The minimum Gasteiger partial charge on any atom is -0.537 e. The lowest BCUT2D eigenvalue weighted by atomic mass is 10.0. The summed E-state index contributed by atoms with van der Waals surface area (Å²) in [4.78, 5) is 0. The molecule has 0 aliphatic heterocycles. The van der Waals surface area contributed by atoms with Crippen LogP contribution in [0.15, 0.2) is 54.6 Å². The molecule has 0 amide bonds. The summed E-state index contributed by atoms with van der Waals surface area (Å²) in [6.45, 7) is 0. The van der Waals surface area contributed by atoms with Gasteiger partial charge in [0.05, 0.1) is 0 Å². The van der Waals surface area contributed by atoms with Crippen LogP contribution in [0.2, 0.25) is 0 Å². The first kappa shape index (κ1) is 11.8. The third-order valence-corrected chi connectivity index (χ3v) is 4.65. The molecule has 1 heterocycles. The van der Waals surface area contributed by atoms with Crippen LogP contribution < -0.4 is 4.65 Å². The first-order valence-corrected chi connectivity index (χ1v) is 7.15. The second-order valence-electron chi connectivity index (χ2n) is 4.61. The highest BCUT2D eigenvalue weighted by atomic mass is 32.1. The Morgan fingerprint density at radius 2 is 1.70 bits per heavy atom. The van der Waals surface area contributed by atoms with E-state index in [4.69, 9.17) is 9.68 Å². The van der Waals surface area contributed by atoms with E-state index < -0.39 is 0 Å². The van der Waals surface area contributed by atoms with Crippen molar-refractivity contribution in [3.05, 3.63) is 54.6 Å². The lowest BCUT2D eigenvalue weighted by molar-refractivity contribution is 0.457. The fourth-order valence-corrected chi connectivity index (χ4v) is 3.85. The van der Waals surface area contributed by atoms with E-state index in [9.17, 15) is 0 Å². The van der Waals surface area contributed by atoms with Gasteiger partial charge in [-0.1, -0.05) is 36.4 Å². The lowest BCUT2D eigenvalue weighted by Gasteiger charge is -2.05. The van der Waals surface area contributed by atoms with E-state index in [0.29, 0.717) is 5.75 Å². The van der Waals surface area contributed by atoms with E-state index >= 15 is 0 Å². The molecule has 4 rings (SSSR count). The molecule has 0 saturated carbocycles. The molecule has 0 spiro atoms. The van der Waals surface area contributed by atoms with Crippen LogP contribution in [0.25, 0.3) is 30.9 Å². The maximum absolute atomic E-state index is 8.96. The van der Waals surface area contributed by atoms with Gasteiger partial charge < -0.3 is 9.68 Å². The fourth-order valence-electron chi connectivity index (χ4n) is 2.71. The van der Waals surface area contributed by atoms with Gasteiger partial charge in [0, 0.05) is 20.2 Å². The summed E-state index contributed by atoms with van der Waals surface area (Å²) < 4.78 is 7.66. The normalized spacial score (nSPS) is 11.2. The first-order valence-electron chi connectivity index (χ1n) is 6.34. The third kappa shape index (κ3) is 1.62. The zero-order valence-corrected chi connectivity index (χ0v) is 11.4. The minimum absolute atomic E-state index is 0.688. The van der Waals surface area contributed by atoms with E-state index in [-0.39, 0.29) is 0 Å². The van der Waals surface area contributed by atoms with Gasteiger partial charge in [-0.15, -0.1) is 11.3 Å². The topological polar surface area (TPSA) is 29.5 Å². The summed E-state index contributed by atoms with van der Waals surface area (Å²) >= 11 is 1.74. The molecule has 2 nitrogen and oxygen atoms in total. The number of benzene rings is 3. The van der Waals surface area contributed by atoms with Crippen molar-refractivity contribution in [2.24, 2.45) is 0 Å². The molecule has 0 bridgehead atoms. The zero-order chi connectivity index (χ0) is 13.5. The molecule has 0 aliphatic rings. The third-order valence-electron chi connectivity index (χ3n) is 3.53. The van der Waals surface area contributed by atoms with Crippen LogP contribution in [0.1, 0.15) is 0 Å². The van der Waals surface area contributed by atoms with Gasteiger partial charge in [-0.05, 0) is 29.0 Å². The Labute approximate surface area is 120 Å². The van der Waals surface area contributed by atoms with Crippen molar-refractivity contribution in [1.82, 2.24) is 0 Å². The predicted molar refractivity (Wildman–Crippen MR) is 85.4 cm³/mol. The standard InChI is InChI=1S/C16H10BO2S/c18-17-19-12-6-3-7-13-16(12)15-11-5-2-1-4-10(11)8-9-14(15)20-13/h1-9,18H. The highest BCUT2D eigenvalue weighted by Crippen LogP contribution is 2.42. The van der Waals surface area contributed by atoms with E-state index in [1.54, 1.807) is 11.3 Å². The molecular formula is C16H10BO2S. The summed E-state index contributed by atoms with van der Waals surface area (Å²) in [5, 5.41) is 13.6. The van der Waals surface area contributed by atoms with Crippen LogP contribution in [-0.4, -0.2) is 12.7 Å². The highest BCUT2D eigenvalue weighted by Gasteiger charge is 2.12. The molecule has 0 atom stereocenters. The van der Waals surface area contributed by atoms with Crippen LogP contribution in [0.4, 0.5) is 0 Å². The van der Waals surface area contributed by atoms with Crippen molar-refractivity contribution in [3.63, 3.8) is 0 Å². The average molecular weight is 277 g/mol. The molecule has 4 heteroatoms. The smallest absolute Gasteiger partial charge is 0.537 e. The molecule has 1 radical (unpaired) electrons. The number of fused-ring (bicyclic) bond motifs is 5. The molecule has 0 unspecified atom stereocenters. The molecule has 0 saturated heterocycles. The van der Waals surface area contributed by atoms with E-state index in [1.807, 2.05) is 24.3 Å². The van der Waals surface area contributed by atoms with Crippen molar-refractivity contribution in [2.45, 2.75) is 0 Å². The van der Waals surface area contributed by atoms with E-state index in [1.165, 1.54) is 20.9 Å². The van der Waals surface area contributed by atoms with Gasteiger partial charge in [-0.3, -0.25) is 0 Å². The lowest BCUT2D eigenvalue weighted by Crippen LogP contribution is -1.99.